The summed E-state index contributed by atoms with van der Waals surface area (Å²) in [4.78, 5) is 0. The van der Waals surface area contributed by atoms with Gasteiger partial charge in [-0.15, -0.1) is 0 Å². The first kappa shape index (κ1) is 13.3. The molecular formula is C17H17F2N. The fraction of sp³-hybridized carbons (Fsp3) is 0.294. The van der Waals surface area contributed by atoms with Crippen molar-refractivity contribution < 1.29 is 8.78 Å². The lowest BCUT2D eigenvalue weighted by Gasteiger charge is -2.31. The number of aryl methyl sites for hydroxylation is 1. The van der Waals surface area contributed by atoms with Crippen molar-refractivity contribution in [2.75, 3.05) is 0 Å². The molecule has 3 rings (SSSR count). The molecule has 2 aromatic rings. The standard InChI is InChI=1S/C17H17F2N/c18-13-8-9-15(16(19)11-13)17(20)10-4-3-6-12-5-1-2-7-14(12)17/h1-2,5,7-9,11H,3-4,6,10,20H2. The van der Waals surface area contributed by atoms with Gasteiger partial charge in [-0.25, -0.2) is 8.78 Å². The number of benzene rings is 2. The van der Waals surface area contributed by atoms with Gasteiger partial charge in [0.2, 0.25) is 0 Å². The first-order valence-corrected chi connectivity index (χ1v) is 6.94. The Morgan fingerprint density at radius 2 is 1.75 bits per heavy atom. The van der Waals surface area contributed by atoms with Crippen LogP contribution >= 0.6 is 0 Å². The summed E-state index contributed by atoms with van der Waals surface area (Å²) in [7, 11) is 0. The SMILES string of the molecule is NC1(c2ccc(F)cc2F)CCCCc2ccccc21. The Morgan fingerprint density at radius 3 is 2.55 bits per heavy atom. The molecule has 0 amide bonds. The molecule has 2 N–H and O–H groups in total. The topological polar surface area (TPSA) is 26.0 Å². The Balaban J connectivity index is 2.19. The normalized spacial score (nSPS) is 22.1. The van der Waals surface area contributed by atoms with Crippen molar-refractivity contribution in [2.24, 2.45) is 5.73 Å². The lowest BCUT2D eigenvalue weighted by atomic mass is 9.79. The van der Waals surface area contributed by atoms with Gasteiger partial charge in [0.05, 0.1) is 5.54 Å². The molecule has 1 atom stereocenters. The minimum Gasteiger partial charge on any atom is -0.318 e. The minimum absolute atomic E-state index is 0.383. The number of hydrogen-bond donors (Lipinski definition) is 1. The lowest BCUT2D eigenvalue weighted by Crippen LogP contribution is -2.39. The fourth-order valence-corrected chi connectivity index (χ4v) is 3.16. The second-order valence-electron chi connectivity index (χ2n) is 5.46. The Bertz CT molecular complexity index is 639. The molecular weight excluding hydrogens is 256 g/mol. The number of fused-ring (bicyclic) bond motifs is 1. The summed E-state index contributed by atoms with van der Waals surface area (Å²) in [6.07, 6.45) is 3.60. The molecule has 0 fully saturated rings. The van der Waals surface area contributed by atoms with E-state index in [9.17, 15) is 8.78 Å². The highest BCUT2D eigenvalue weighted by atomic mass is 19.1. The molecule has 20 heavy (non-hydrogen) atoms. The Labute approximate surface area is 117 Å². The van der Waals surface area contributed by atoms with E-state index in [4.69, 9.17) is 5.73 Å². The summed E-state index contributed by atoms with van der Waals surface area (Å²) in [6, 6.07) is 11.6. The maximum atomic E-state index is 14.2. The zero-order valence-electron chi connectivity index (χ0n) is 11.2. The molecule has 1 unspecified atom stereocenters. The second-order valence-corrected chi connectivity index (χ2v) is 5.46. The van der Waals surface area contributed by atoms with Gasteiger partial charge in [-0.05, 0) is 36.5 Å². The van der Waals surface area contributed by atoms with E-state index >= 15 is 0 Å². The summed E-state index contributed by atoms with van der Waals surface area (Å²) in [5.74, 6) is -1.14. The highest BCUT2D eigenvalue weighted by molar-refractivity contribution is 5.44. The van der Waals surface area contributed by atoms with E-state index < -0.39 is 17.2 Å². The molecule has 0 heterocycles. The molecule has 2 aromatic carbocycles. The van der Waals surface area contributed by atoms with Gasteiger partial charge in [0.1, 0.15) is 11.6 Å². The number of rotatable bonds is 1. The summed E-state index contributed by atoms with van der Waals surface area (Å²) in [5, 5.41) is 0. The Kier molecular flexibility index (Phi) is 3.30. The molecule has 0 bridgehead atoms. The lowest BCUT2D eigenvalue weighted by molar-refractivity contribution is 0.448. The number of halogens is 2. The van der Waals surface area contributed by atoms with Crippen molar-refractivity contribution in [1.82, 2.24) is 0 Å². The highest BCUT2D eigenvalue weighted by Gasteiger charge is 2.35. The molecule has 0 saturated carbocycles. The first-order chi connectivity index (χ1) is 9.61. The molecule has 1 aliphatic carbocycles. The average Bonchev–Trinajstić information content (AvgIpc) is 2.59. The van der Waals surface area contributed by atoms with E-state index in [0.29, 0.717) is 12.0 Å². The van der Waals surface area contributed by atoms with Gasteiger partial charge in [-0.2, -0.15) is 0 Å². The van der Waals surface area contributed by atoms with Crippen LogP contribution in [0, 0.1) is 11.6 Å². The Hall–Kier alpha value is -1.74. The van der Waals surface area contributed by atoms with E-state index in [1.54, 1.807) is 0 Å². The van der Waals surface area contributed by atoms with Crippen molar-refractivity contribution in [3.05, 3.63) is 70.8 Å². The van der Waals surface area contributed by atoms with Crippen LogP contribution in [-0.4, -0.2) is 0 Å². The van der Waals surface area contributed by atoms with Crippen LogP contribution in [-0.2, 0) is 12.0 Å². The third-order valence-electron chi connectivity index (χ3n) is 4.18. The van der Waals surface area contributed by atoms with Gasteiger partial charge in [0, 0.05) is 11.6 Å². The van der Waals surface area contributed by atoms with Gasteiger partial charge in [0.25, 0.3) is 0 Å². The summed E-state index contributed by atoms with van der Waals surface area (Å²) in [5.41, 5.74) is 8.22. The van der Waals surface area contributed by atoms with Crippen LogP contribution in [0.1, 0.15) is 36.0 Å². The molecule has 0 saturated heterocycles. The third-order valence-corrected chi connectivity index (χ3v) is 4.18. The molecule has 104 valence electrons. The van der Waals surface area contributed by atoms with Crippen LogP contribution < -0.4 is 5.73 Å². The number of nitrogens with two attached hydrogens (primary N) is 1. The fourth-order valence-electron chi connectivity index (χ4n) is 3.16. The Morgan fingerprint density at radius 1 is 0.950 bits per heavy atom. The maximum absolute atomic E-state index is 14.2. The van der Waals surface area contributed by atoms with Crippen molar-refractivity contribution in [3.8, 4) is 0 Å². The smallest absolute Gasteiger partial charge is 0.131 e. The maximum Gasteiger partial charge on any atom is 0.131 e. The monoisotopic (exact) mass is 273 g/mol. The van der Waals surface area contributed by atoms with Crippen LogP contribution in [0.3, 0.4) is 0 Å². The van der Waals surface area contributed by atoms with Gasteiger partial charge in [0.15, 0.2) is 0 Å². The summed E-state index contributed by atoms with van der Waals surface area (Å²) in [6.45, 7) is 0. The van der Waals surface area contributed by atoms with Gasteiger partial charge in [-0.3, -0.25) is 0 Å². The van der Waals surface area contributed by atoms with E-state index in [2.05, 4.69) is 0 Å². The van der Waals surface area contributed by atoms with Crippen molar-refractivity contribution in [3.63, 3.8) is 0 Å². The van der Waals surface area contributed by atoms with Crippen molar-refractivity contribution in [2.45, 2.75) is 31.2 Å². The van der Waals surface area contributed by atoms with Crippen LogP contribution in [0.2, 0.25) is 0 Å². The van der Waals surface area contributed by atoms with Crippen LogP contribution in [0.5, 0.6) is 0 Å². The predicted octanol–water partition coefficient (Wildman–Crippen LogP) is 3.89. The van der Waals surface area contributed by atoms with E-state index in [-0.39, 0.29) is 0 Å². The van der Waals surface area contributed by atoms with Crippen molar-refractivity contribution in [1.29, 1.82) is 0 Å². The van der Waals surface area contributed by atoms with E-state index in [1.807, 2.05) is 24.3 Å². The van der Waals surface area contributed by atoms with Crippen molar-refractivity contribution >= 4 is 0 Å². The molecule has 0 radical (unpaired) electrons. The predicted molar refractivity (Wildman–Crippen MR) is 75.3 cm³/mol. The largest absolute Gasteiger partial charge is 0.318 e. The molecule has 0 aromatic heterocycles. The van der Waals surface area contributed by atoms with Gasteiger partial charge < -0.3 is 5.73 Å². The summed E-state index contributed by atoms with van der Waals surface area (Å²) < 4.78 is 27.3. The summed E-state index contributed by atoms with van der Waals surface area (Å²) >= 11 is 0. The quantitative estimate of drug-likeness (QED) is 0.784. The molecule has 1 aliphatic rings. The molecule has 3 heteroatoms. The number of hydrogen-bond acceptors (Lipinski definition) is 1. The first-order valence-electron chi connectivity index (χ1n) is 6.94. The third kappa shape index (κ3) is 2.12. The molecule has 0 spiro atoms. The zero-order valence-corrected chi connectivity index (χ0v) is 11.2. The van der Waals surface area contributed by atoms with Crippen LogP contribution in [0.4, 0.5) is 8.78 Å². The van der Waals surface area contributed by atoms with Crippen LogP contribution in [0.25, 0.3) is 0 Å². The molecule has 1 nitrogen and oxygen atoms in total. The van der Waals surface area contributed by atoms with Gasteiger partial charge >= 0.3 is 0 Å². The molecule has 0 aliphatic heterocycles. The minimum atomic E-state index is -0.870. The second kappa shape index (κ2) is 4.98. The van der Waals surface area contributed by atoms with E-state index in [0.717, 1.165) is 36.5 Å². The highest BCUT2D eigenvalue weighted by Crippen LogP contribution is 2.38. The zero-order chi connectivity index (χ0) is 14.2. The average molecular weight is 273 g/mol. The van der Waals surface area contributed by atoms with E-state index in [1.165, 1.54) is 12.1 Å². The van der Waals surface area contributed by atoms with Gasteiger partial charge in [-0.1, -0.05) is 36.8 Å². The van der Waals surface area contributed by atoms with Crippen LogP contribution in [0.15, 0.2) is 42.5 Å².